The molecule has 154 valence electrons. The summed E-state index contributed by atoms with van der Waals surface area (Å²) in [5, 5.41) is 14.0. The number of hydrogen-bond donors (Lipinski definition) is 0. The lowest BCUT2D eigenvalue weighted by Crippen LogP contribution is -2.53. The predicted molar refractivity (Wildman–Crippen MR) is 132 cm³/mol. The highest BCUT2D eigenvalue weighted by Gasteiger charge is 2.38. The Morgan fingerprint density at radius 1 is 0.750 bits per heavy atom. The zero-order chi connectivity index (χ0) is 21.7. The van der Waals surface area contributed by atoms with Crippen molar-refractivity contribution in [3.05, 3.63) is 107 Å². The third kappa shape index (κ3) is 2.98. The molecule has 0 radical (unpaired) electrons. The molecule has 0 bridgehead atoms. The quantitative estimate of drug-likeness (QED) is 0.487. The van der Waals surface area contributed by atoms with Crippen LogP contribution in [0.5, 0.6) is 0 Å². The molecule has 0 saturated heterocycles. The van der Waals surface area contributed by atoms with E-state index >= 15 is 0 Å². The molecule has 0 atom stereocenters. The Kier molecular flexibility index (Phi) is 4.30. The molecular weight excluding hydrogens is 418 g/mol. The Morgan fingerprint density at radius 3 is 2.22 bits per heavy atom. The molecule has 0 N–H and O–H groups in total. The van der Waals surface area contributed by atoms with Crippen LogP contribution in [0.3, 0.4) is 0 Å². The van der Waals surface area contributed by atoms with Gasteiger partial charge in [0.2, 0.25) is 0 Å². The number of anilines is 1. The van der Waals surface area contributed by atoms with E-state index in [-0.39, 0.29) is 0 Å². The molecule has 3 aliphatic rings. The summed E-state index contributed by atoms with van der Waals surface area (Å²) < 4.78 is 0. The van der Waals surface area contributed by atoms with Gasteiger partial charge in [0.05, 0.1) is 11.4 Å². The van der Waals surface area contributed by atoms with E-state index in [9.17, 15) is 0 Å². The van der Waals surface area contributed by atoms with Gasteiger partial charge < -0.3 is 0 Å². The maximum atomic E-state index is 6.38. The number of rotatable bonds is 2. The highest BCUT2D eigenvalue weighted by molar-refractivity contribution is 6.37. The summed E-state index contributed by atoms with van der Waals surface area (Å²) in [5.41, 5.74) is 6.95. The van der Waals surface area contributed by atoms with Gasteiger partial charge in [0.1, 0.15) is 0 Å². The minimum absolute atomic E-state index is 0.530. The van der Waals surface area contributed by atoms with E-state index in [0.29, 0.717) is 11.0 Å². The third-order valence-electron chi connectivity index (χ3n) is 5.59. The number of halogens is 1. The number of nitrogens with zero attached hydrogens (tertiary/aromatic N) is 5. The van der Waals surface area contributed by atoms with Crippen LogP contribution < -0.4 is 5.01 Å². The average molecular weight is 436 g/mol. The molecule has 3 heterocycles. The lowest BCUT2D eigenvalue weighted by atomic mass is 9.96. The smallest absolute Gasteiger partial charge is 0.225 e. The largest absolute Gasteiger partial charge is 0.269 e. The van der Waals surface area contributed by atoms with Crippen LogP contribution in [0.25, 0.3) is 17.3 Å². The zero-order valence-electron chi connectivity index (χ0n) is 17.3. The molecule has 0 aliphatic carbocycles. The molecule has 0 fully saturated rings. The molecule has 0 saturated carbocycles. The van der Waals surface area contributed by atoms with Gasteiger partial charge in [-0.25, -0.2) is 15.0 Å². The lowest BCUT2D eigenvalue weighted by Gasteiger charge is -2.44. The fraction of sp³-hybridized carbons (Fsp3) is 0.0385. The van der Waals surface area contributed by atoms with E-state index in [1.165, 1.54) is 0 Å². The van der Waals surface area contributed by atoms with Gasteiger partial charge in [-0.05, 0) is 42.8 Å². The average Bonchev–Trinajstić information content (AvgIpc) is 2.83. The van der Waals surface area contributed by atoms with Crippen molar-refractivity contribution in [2.24, 2.45) is 15.2 Å². The van der Waals surface area contributed by atoms with E-state index in [1.54, 1.807) is 0 Å². The van der Waals surface area contributed by atoms with Gasteiger partial charge in [-0.1, -0.05) is 72.3 Å². The Hall–Kier alpha value is -3.96. The van der Waals surface area contributed by atoms with E-state index in [4.69, 9.17) is 11.6 Å². The van der Waals surface area contributed by atoms with Crippen molar-refractivity contribution < 1.29 is 0 Å². The van der Waals surface area contributed by atoms with Crippen molar-refractivity contribution in [2.75, 3.05) is 5.01 Å². The number of hydrazine groups is 1. The summed E-state index contributed by atoms with van der Waals surface area (Å²) >= 11 is 6.38. The van der Waals surface area contributed by atoms with Crippen molar-refractivity contribution in [3.8, 4) is 0 Å². The minimum atomic E-state index is 0.530. The summed E-state index contributed by atoms with van der Waals surface area (Å²) in [6.45, 7) is 1.97. The topological polar surface area (TPSA) is 43.6 Å². The summed E-state index contributed by atoms with van der Waals surface area (Å²) in [6.07, 6.45) is 4.20. The first-order valence-corrected chi connectivity index (χ1v) is 10.7. The predicted octanol–water partition coefficient (Wildman–Crippen LogP) is 6.12. The van der Waals surface area contributed by atoms with Crippen molar-refractivity contribution in [3.63, 3.8) is 0 Å². The number of amidine groups is 1. The van der Waals surface area contributed by atoms with Gasteiger partial charge in [0.15, 0.2) is 5.84 Å². The van der Waals surface area contributed by atoms with Crippen LogP contribution in [0.2, 0.25) is 5.02 Å². The number of benzene rings is 3. The molecule has 0 spiro atoms. The van der Waals surface area contributed by atoms with Crippen LogP contribution in [-0.2, 0) is 0 Å². The molecule has 32 heavy (non-hydrogen) atoms. The van der Waals surface area contributed by atoms with E-state index in [1.807, 2.05) is 66.5 Å². The van der Waals surface area contributed by atoms with Gasteiger partial charge in [-0.2, -0.15) is 0 Å². The molecule has 3 aromatic carbocycles. The number of allylic oxidation sites excluding steroid dienone is 1. The number of aliphatic imine (C=N–C) groups is 1. The normalized spacial score (nSPS) is 16.6. The molecular formula is C26H18ClN5. The SMILES string of the molecule is CC1=NC2=NN=C3C(c4ccccc4)=Cc4cc(Cl)ccc4N3N2C(c2ccccc2)=C1. The second kappa shape index (κ2) is 7.32. The van der Waals surface area contributed by atoms with Crippen molar-refractivity contribution in [1.29, 1.82) is 0 Å². The molecule has 6 rings (SSSR count). The highest BCUT2D eigenvalue weighted by Crippen LogP contribution is 2.41. The van der Waals surface area contributed by atoms with E-state index in [0.717, 1.165) is 45.2 Å². The highest BCUT2D eigenvalue weighted by atomic mass is 35.5. The molecule has 6 heteroatoms. The first-order valence-electron chi connectivity index (χ1n) is 10.3. The Bertz CT molecular complexity index is 1380. The summed E-state index contributed by atoms with van der Waals surface area (Å²) in [6, 6.07) is 26.4. The Labute approximate surface area is 191 Å². The van der Waals surface area contributed by atoms with Gasteiger partial charge in [-0.15, -0.1) is 10.2 Å². The van der Waals surface area contributed by atoms with Crippen LogP contribution in [0, 0.1) is 0 Å². The Morgan fingerprint density at radius 2 is 1.47 bits per heavy atom. The fourth-order valence-electron chi connectivity index (χ4n) is 4.18. The Balaban J connectivity index is 1.60. The van der Waals surface area contributed by atoms with Crippen LogP contribution in [0.1, 0.15) is 23.6 Å². The maximum Gasteiger partial charge on any atom is 0.269 e. The van der Waals surface area contributed by atoms with Crippen LogP contribution >= 0.6 is 11.6 Å². The second-order valence-electron chi connectivity index (χ2n) is 7.72. The minimum Gasteiger partial charge on any atom is -0.225 e. The van der Waals surface area contributed by atoms with Crippen molar-refractivity contribution >= 4 is 52.1 Å². The van der Waals surface area contributed by atoms with Crippen molar-refractivity contribution in [1.82, 2.24) is 5.01 Å². The maximum absolute atomic E-state index is 6.38. The van der Waals surface area contributed by atoms with Gasteiger partial charge in [0, 0.05) is 27.4 Å². The van der Waals surface area contributed by atoms with Gasteiger partial charge in [-0.3, -0.25) is 0 Å². The van der Waals surface area contributed by atoms with Gasteiger partial charge >= 0.3 is 0 Å². The monoisotopic (exact) mass is 435 g/mol. The molecule has 5 nitrogen and oxygen atoms in total. The summed E-state index contributed by atoms with van der Waals surface area (Å²) in [4.78, 5) is 4.68. The molecule has 0 amide bonds. The van der Waals surface area contributed by atoms with E-state index in [2.05, 4.69) is 56.6 Å². The number of hydrogen-bond acceptors (Lipinski definition) is 5. The first-order chi connectivity index (χ1) is 15.7. The number of fused-ring (bicyclic) bond motifs is 5. The standard InChI is InChI=1S/C26H18ClN5/c1-17-14-24(19-10-6-3-7-11-19)32-26(28-17)30-29-25-22(18-8-4-2-5-9-18)16-20-15-21(27)12-13-23(20)31(25)32/h2-16H,1H3. The van der Waals surface area contributed by atoms with Gasteiger partial charge in [0.25, 0.3) is 5.96 Å². The first kappa shape index (κ1) is 18.8. The van der Waals surface area contributed by atoms with Crippen LogP contribution in [0.15, 0.2) is 100 Å². The molecule has 0 unspecified atom stereocenters. The van der Waals surface area contributed by atoms with E-state index < -0.39 is 0 Å². The lowest BCUT2D eigenvalue weighted by molar-refractivity contribution is 0.585. The molecule has 3 aromatic rings. The number of guanidine groups is 1. The summed E-state index contributed by atoms with van der Waals surface area (Å²) in [7, 11) is 0. The third-order valence-corrected chi connectivity index (χ3v) is 5.82. The zero-order valence-corrected chi connectivity index (χ0v) is 18.0. The van der Waals surface area contributed by atoms with Crippen molar-refractivity contribution in [2.45, 2.75) is 6.92 Å². The molecule has 0 aromatic heterocycles. The second-order valence-corrected chi connectivity index (χ2v) is 8.16. The molecule has 3 aliphatic heterocycles. The van der Waals surface area contributed by atoms with Crippen LogP contribution in [0.4, 0.5) is 5.69 Å². The fourth-order valence-corrected chi connectivity index (χ4v) is 4.36. The summed E-state index contributed by atoms with van der Waals surface area (Å²) in [5.74, 6) is 1.27. The van der Waals surface area contributed by atoms with Crippen LogP contribution in [-0.4, -0.2) is 22.5 Å².